The van der Waals surface area contributed by atoms with E-state index in [0.717, 1.165) is 0 Å². The van der Waals surface area contributed by atoms with Crippen molar-refractivity contribution in [3.63, 3.8) is 0 Å². The summed E-state index contributed by atoms with van der Waals surface area (Å²) in [6.45, 7) is 3.23. The Balaban J connectivity index is 1.46. The lowest BCUT2D eigenvalue weighted by Crippen LogP contribution is -2.40. The predicted molar refractivity (Wildman–Crippen MR) is 125 cm³/mol. The zero-order valence-electron chi connectivity index (χ0n) is 18.0. The quantitative estimate of drug-likeness (QED) is 0.538. The molecule has 1 aromatic heterocycles. The number of hydrogen-bond donors (Lipinski definition) is 2. The van der Waals surface area contributed by atoms with Gasteiger partial charge in [0, 0.05) is 31.1 Å². The second-order valence-corrected chi connectivity index (χ2v) is 9.43. The van der Waals surface area contributed by atoms with E-state index in [1.807, 2.05) is 0 Å². The van der Waals surface area contributed by atoms with E-state index in [4.69, 9.17) is 4.74 Å². The highest BCUT2D eigenvalue weighted by Gasteiger charge is 2.25. The molecule has 10 heteroatoms. The fraction of sp³-hybridized carbons (Fsp3) is 0.217. The maximum absolute atomic E-state index is 12.7. The molecule has 2 aromatic carbocycles. The van der Waals surface area contributed by atoms with Gasteiger partial charge in [-0.1, -0.05) is 24.3 Å². The second-order valence-electron chi connectivity index (χ2n) is 7.50. The monoisotopic (exact) mass is 468 g/mol. The van der Waals surface area contributed by atoms with Crippen LogP contribution in [0, 0.1) is 6.92 Å². The minimum absolute atomic E-state index is 0.201. The number of para-hydroxylation sites is 2. The number of aromatic amines is 1. The first-order chi connectivity index (χ1) is 15.9. The van der Waals surface area contributed by atoms with Gasteiger partial charge in [-0.15, -0.1) is 0 Å². The molecule has 0 bridgehead atoms. The number of imidazole rings is 1. The van der Waals surface area contributed by atoms with Gasteiger partial charge in [-0.2, -0.15) is 4.31 Å². The summed E-state index contributed by atoms with van der Waals surface area (Å²) in [5.74, 6) is -0.381. The highest BCUT2D eigenvalue weighted by Crippen LogP contribution is 2.21. The molecular formula is C23H24N4O5S. The van der Waals surface area contributed by atoms with Crippen LogP contribution in [-0.2, 0) is 19.6 Å². The lowest BCUT2D eigenvalue weighted by atomic mass is 10.2. The molecule has 0 saturated carbocycles. The van der Waals surface area contributed by atoms with Crippen LogP contribution in [0.25, 0.3) is 11.8 Å². The topological polar surface area (TPSA) is 114 Å². The van der Waals surface area contributed by atoms with E-state index in [1.165, 1.54) is 27.1 Å². The van der Waals surface area contributed by atoms with Crippen molar-refractivity contribution in [1.82, 2.24) is 13.9 Å². The third-order valence-corrected chi connectivity index (χ3v) is 7.19. The van der Waals surface area contributed by atoms with E-state index in [1.54, 1.807) is 55.6 Å². The van der Waals surface area contributed by atoms with Gasteiger partial charge >= 0.3 is 5.69 Å². The molecule has 4 rings (SSSR count). The Hall–Kier alpha value is -3.47. The first-order valence-electron chi connectivity index (χ1n) is 10.4. The van der Waals surface area contributed by atoms with Crippen LogP contribution >= 0.6 is 0 Å². The van der Waals surface area contributed by atoms with Crippen molar-refractivity contribution in [2.24, 2.45) is 0 Å². The zero-order valence-corrected chi connectivity index (χ0v) is 18.8. The molecule has 1 aliphatic heterocycles. The first-order valence-corrected chi connectivity index (χ1v) is 11.8. The smallest absolute Gasteiger partial charge is 0.330 e. The summed E-state index contributed by atoms with van der Waals surface area (Å²) in [7, 11) is -3.56. The molecule has 172 valence electrons. The van der Waals surface area contributed by atoms with Crippen molar-refractivity contribution in [3.8, 4) is 5.69 Å². The van der Waals surface area contributed by atoms with Crippen LogP contribution in [0.5, 0.6) is 0 Å². The summed E-state index contributed by atoms with van der Waals surface area (Å²) < 4.78 is 33.5. The molecule has 2 N–H and O–H groups in total. The third-order valence-electron chi connectivity index (χ3n) is 5.28. The third kappa shape index (κ3) is 4.98. The minimum Gasteiger partial charge on any atom is -0.379 e. The molecule has 0 spiro atoms. The maximum Gasteiger partial charge on any atom is 0.330 e. The lowest BCUT2D eigenvalue weighted by Gasteiger charge is -2.26. The number of sulfonamides is 1. The SMILES string of the molecule is Cc1c[nH]c(=O)n1-c1ccccc1NC(=O)/C=C/c1ccc(S(=O)(=O)N2CCOCC2)cc1. The molecular weight excluding hydrogens is 444 g/mol. The van der Waals surface area contributed by atoms with E-state index in [0.29, 0.717) is 48.9 Å². The predicted octanol–water partition coefficient (Wildman–Crippen LogP) is 2.15. The van der Waals surface area contributed by atoms with Crippen molar-refractivity contribution in [2.45, 2.75) is 11.8 Å². The van der Waals surface area contributed by atoms with E-state index >= 15 is 0 Å². The number of nitrogens with one attached hydrogen (secondary N) is 2. The summed E-state index contributed by atoms with van der Waals surface area (Å²) >= 11 is 0. The number of amides is 1. The number of morpholine rings is 1. The molecule has 2 heterocycles. The van der Waals surface area contributed by atoms with Gasteiger partial charge < -0.3 is 15.0 Å². The summed E-state index contributed by atoms with van der Waals surface area (Å²) in [4.78, 5) is 27.4. The second kappa shape index (κ2) is 9.57. The average Bonchev–Trinajstić information content (AvgIpc) is 3.16. The Kier molecular flexibility index (Phi) is 6.59. The van der Waals surface area contributed by atoms with Crippen LogP contribution in [0.15, 0.2) is 70.5 Å². The standard InChI is InChI=1S/C23H24N4O5S/c1-17-16-24-23(29)27(17)21-5-3-2-4-20(21)25-22(28)11-8-18-6-9-19(10-7-18)33(30,31)26-12-14-32-15-13-26/h2-11,16H,12-15H2,1H3,(H,24,29)(H,25,28)/b11-8+. The Morgan fingerprint density at radius 3 is 2.45 bits per heavy atom. The number of hydrogen-bond acceptors (Lipinski definition) is 5. The Bertz CT molecular complexity index is 1330. The lowest BCUT2D eigenvalue weighted by molar-refractivity contribution is -0.111. The van der Waals surface area contributed by atoms with E-state index < -0.39 is 10.0 Å². The largest absolute Gasteiger partial charge is 0.379 e. The summed E-state index contributed by atoms with van der Waals surface area (Å²) in [5.41, 5.74) is 2.14. The Morgan fingerprint density at radius 2 is 1.79 bits per heavy atom. The fourth-order valence-corrected chi connectivity index (χ4v) is 4.97. The number of aryl methyl sites for hydroxylation is 1. The van der Waals surface area contributed by atoms with Crippen LogP contribution in [0.2, 0.25) is 0 Å². The number of aromatic nitrogens is 2. The van der Waals surface area contributed by atoms with Gasteiger partial charge in [0.25, 0.3) is 0 Å². The Labute approximate surface area is 191 Å². The van der Waals surface area contributed by atoms with Crippen LogP contribution in [0.1, 0.15) is 11.3 Å². The number of carbonyl (C=O) groups excluding carboxylic acids is 1. The van der Waals surface area contributed by atoms with Gasteiger partial charge in [0.05, 0.1) is 29.5 Å². The number of benzene rings is 2. The van der Waals surface area contributed by atoms with Crippen molar-refractivity contribution < 1.29 is 17.9 Å². The molecule has 1 fully saturated rings. The molecule has 0 unspecified atom stereocenters. The fourth-order valence-electron chi connectivity index (χ4n) is 3.56. The molecule has 33 heavy (non-hydrogen) atoms. The summed E-state index contributed by atoms with van der Waals surface area (Å²) in [5, 5.41) is 2.79. The van der Waals surface area contributed by atoms with Crippen LogP contribution in [0.4, 0.5) is 5.69 Å². The number of anilines is 1. The number of H-pyrrole nitrogens is 1. The van der Waals surface area contributed by atoms with Crippen molar-refractivity contribution >= 4 is 27.7 Å². The Morgan fingerprint density at radius 1 is 1.09 bits per heavy atom. The molecule has 1 amide bonds. The number of carbonyl (C=O) groups is 1. The maximum atomic E-state index is 12.7. The molecule has 9 nitrogen and oxygen atoms in total. The first kappa shape index (κ1) is 22.7. The van der Waals surface area contributed by atoms with Gasteiger partial charge in [-0.05, 0) is 42.8 Å². The molecule has 0 atom stereocenters. The van der Waals surface area contributed by atoms with Crippen LogP contribution < -0.4 is 11.0 Å². The molecule has 3 aromatic rings. The molecule has 1 aliphatic rings. The van der Waals surface area contributed by atoms with Crippen molar-refractivity contribution in [1.29, 1.82) is 0 Å². The molecule has 0 aliphatic carbocycles. The van der Waals surface area contributed by atoms with Gasteiger partial charge in [0.15, 0.2) is 0 Å². The average molecular weight is 469 g/mol. The number of nitrogens with zero attached hydrogens (tertiary/aromatic N) is 2. The van der Waals surface area contributed by atoms with E-state index in [2.05, 4.69) is 10.3 Å². The van der Waals surface area contributed by atoms with Gasteiger partial charge in [0.2, 0.25) is 15.9 Å². The van der Waals surface area contributed by atoms with Gasteiger partial charge in [-0.3, -0.25) is 9.36 Å². The number of rotatable bonds is 6. The highest BCUT2D eigenvalue weighted by atomic mass is 32.2. The van der Waals surface area contributed by atoms with Gasteiger partial charge in [0.1, 0.15) is 0 Å². The molecule has 1 saturated heterocycles. The van der Waals surface area contributed by atoms with E-state index in [-0.39, 0.29) is 16.5 Å². The number of ether oxygens (including phenoxy) is 1. The summed E-state index contributed by atoms with van der Waals surface area (Å²) in [6, 6.07) is 13.4. The zero-order chi connectivity index (χ0) is 23.4. The normalized spacial score (nSPS) is 15.1. The van der Waals surface area contributed by atoms with Crippen molar-refractivity contribution in [3.05, 3.63) is 82.5 Å². The summed E-state index contributed by atoms with van der Waals surface area (Å²) in [6.07, 6.45) is 4.55. The minimum atomic E-state index is -3.56. The van der Waals surface area contributed by atoms with Gasteiger partial charge in [-0.25, -0.2) is 13.2 Å². The van der Waals surface area contributed by atoms with E-state index in [9.17, 15) is 18.0 Å². The highest BCUT2D eigenvalue weighted by molar-refractivity contribution is 7.89. The van der Waals surface area contributed by atoms with Crippen molar-refractivity contribution in [2.75, 3.05) is 31.6 Å². The van der Waals surface area contributed by atoms with Crippen LogP contribution in [0.3, 0.4) is 0 Å². The van der Waals surface area contributed by atoms with Crippen LogP contribution in [-0.4, -0.2) is 54.5 Å². The molecule has 0 radical (unpaired) electrons.